The number of pyridine rings is 1. The normalized spacial score (nSPS) is 17.1. The first-order valence-electron chi connectivity index (χ1n) is 9.98. The maximum atomic E-state index is 13.2. The van der Waals surface area contributed by atoms with Crippen LogP contribution in [0.4, 0.5) is 23.7 Å². The van der Waals surface area contributed by atoms with Gasteiger partial charge in [-0.1, -0.05) is 18.2 Å². The third-order valence-electron chi connectivity index (χ3n) is 5.56. The van der Waals surface area contributed by atoms with Crippen molar-refractivity contribution in [3.8, 4) is 11.5 Å². The van der Waals surface area contributed by atoms with Crippen LogP contribution in [0.3, 0.4) is 0 Å². The van der Waals surface area contributed by atoms with Crippen molar-refractivity contribution >= 4 is 11.7 Å². The first-order valence-corrected chi connectivity index (χ1v) is 9.98. The fraction of sp³-hybridized carbons (Fsp3) is 0.217. The molecular formula is C23H18F3N3O3. The molecule has 2 aromatic carbocycles. The van der Waals surface area contributed by atoms with Crippen LogP contribution in [0.15, 0.2) is 60.8 Å². The van der Waals surface area contributed by atoms with Crippen LogP contribution in [0.5, 0.6) is 11.5 Å². The summed E-state index contributed by atoms with van der Waals surface area (Å²) in [5.74, 6) is 1.13. The molecule has 164 valence electrons. The van der Waals surface area contributed by atoms with Crippen LogP contribution in [0.2, 0.25) is 0 Å². The number of nitrogens with one attached hydrogen (secondary N) is 1. The third kappa shape index (κ3) is 3.70. The Morgan fingerprint density at radius 3 is 2.62 bits per heavy atom. The van der Waals surface area contributed by atoms with Crippen molar-refractivity contribution in [2.75, 3.05) is 18.7 Å². The van der Waals surface area contributed by atoms with Crippen molar-refractivity contribution in [2.45, 2.75) is 18.6 Å². The van der Waals surface area contributed by atoms with E-state index in [4.69, 9.17) is 9.47 Å². The number of alkyl halides is 3. The quantitative estimate of drug-likeness (QED) is 0.607. The van der Waals surface area contributed by atoms with Crippen LogP contribution in [-0.2, 0) is 12.6 Å². The zero-order valence-corrected chi connectivity index (χ0v) is 16.7. The van der Waals surface area contributed by atoms with Gasteiger partial charge in [-0.25, -0.2) is 4.79 Å². The van der Waals surface area contributed by atoms with E-state index in [9.17, 15) is 18.0 Å². The summed E-state index contributed by atoms with van der Waals surface area (Å²) in [5, 5.41) is 2.85. The van der Waals surface area contributed by atoms with Crippen molar-refractivity contribution < 1.29 is 27.4 Å². The number of urea groups is 1. The van der Waals surface area contributed by atoms with Crippen LogP contribution in [0.25, 0.3) is 0 Å². The van der Waals surface area contributed by atoms with Gasteiger partial charge in [0.1, 0.15) is 6.04 Å². The highest BCUT2D eigenvalue weighted by Gasteiger charge is 2.35. The molecule has 32 heavy (non-hydrogen) atoms. The number of rotatable bonds is 2. The van der Waals surface area contributed by atoms with Crippen molar-refractivity contribution in [3.05, 3.63) is 83.2 Å². The number of amides is 2. The summed E-state index contributed by atoms with van der Waals surface area (Å²) in [6.07, 6.45) is -2.22. The zero-order chi connectivity index (χ0) is 22.3. The van der Waals surface area contributed by atoms with Crippen molar-refractivity contribution in [3.63, 3.8) is 0 Å². The maximum absolute atomic E-state index is 13.2. The lowest BCUT2D eigenvalue weighted by Gasteiger charge is -2.36. The molecule has 3 aromatic rings. The molecular weight excluding hydrogens is 423 g/mol. The number of anilines is 1. The number of hydrogen-bond donors (Lipinski definition) is 1. The second kappa shape index (κ2) is 7.74. The van der Waals surface area contributed by atoms with Crippen LogP contribution in [-0.4, -0.2) is 29.3 Å². The molecule has 0 unspecified atom stereocenters. The topological polar surface area (TPSA) is 63.7 Å². The SMILES string of the molecule is O=C(Nc1ccc2c(c1)OCO2)N1CCc2cccnc2[C@H]1c1ccc(C(F)(F)F)cc1. The van der Waals surface area contributed by atoms with E-state index in [0.717, 1.165) is 17.7 Å². The number of benzene rings is 2. The number of carbonyl (C=O) groups is 1. The van der Waals surface area contributed by atoms with E-state index in [2.05, 4.69) is 10.3 Å². The van der Waals surface area contributed by atoms with E-state index in [-0.39, 0.29) is 12.8 Å². The Bertz CT molecular complexity index is 1170. The van der Waals surface area contributed by atoms with Crippen LogP contribution < -0.4 is 14.8 Å². The van der Waals surface area contributed by atoms with Gasteiger partial charge in [0, 0.05) is 24.5 Å². The van der Waals surface area contributed by atoms with E-state index < -0.39 is 17.8 Å². The van der Waals surface area contributed by atoms with Gasteiger partial charge in [-0.05, 0) is 47.9 Å². The molecule has 5 rings (SSSR count). The first-order chi connectivity index (χ1) is 15.4. The molecule has 2 aliphatic heterocycles. The Balaban J connectivity index is 1.47. The van der Waals surface area contributed by atoms with E-state index in [1.807, 2.05) is 12.1 Å². The lowest BCUT2D eigenvalue weighted by Crippen LogP contribution is -2.43. The Morgan fingerprint density at radius 1 is 1.06 bits per heavy atom. The van der Waals surface area contributed by atoms with Crippen molar-refractivity contribution in [1.29, 1.82) is 0 Å². The second-order valence-corrected chi connectivity index (χ2v) is 7.51. The summed E-state index contributed by atoms with van der Waals surface area (Å²) in [7, 11) is 0. The number of halogens is 3. The highest BCUT2D eigenvalue weighted by atomic mass is 19.4. The molecule has 2 amide bonds. The summed E-state index contributed by atoms with van der Waals surface area (Å²) < 4.78 is 49.8. The predicted octanol–water partition coefficient (Wildman–Crippen LogP) is 5.01. The molecule has 0 spiro atoms. The molecule has 1 atom stereocenters. The Hall–Kier alpha value is -3.75. The van der Waals surface area contributed by atoms with E-state index >= 15 is 0 Å². The molecule has 1 aromatic heterocycles. The van der Waals surface area contributed by atoms with Gasteiger partial charge in [0.05, 0.1) is 11.3 Å². The smallest absolute Gasteiger partial charge is 0.416 e. The Morgan fingerprint density at radius 2 is 1.84 bits per heavy atom. The highest BCUT2D eigenvalue weighted by molar-refractivity contribution is 5.90. The Labute approximate surface area is 181 Å². The van der Waals surface area contributed by atoms with E-state index in [1.54, 1.807) is 29.3 Å². The number of aromatic nitrogens is 1. The summed E-state index contributed by atoms with van der Waals surface area (Å²) in [4.78, 5) is 19.3. The van der Waals surface area contributed by atoms with Crippen LogP contribution in [0, 0.1) is 0 Å². The van der Waals surface area contributed by atoms with Gasteiger partial charge < -0.3 is 19.7 Å². The fourth-order valence-electron chi connectivity index (χ4n) is 4.01. The number of ether oxygens (including phenoxy) is 2. The molecule has 1 N–H and O–H groups in total. The maximum Gasteiger partial charge on any atom is 0.416 e. The van der Waals surface area contributed by atoms with E-state index in [0.29, 0.717) is 41.4 Å². The summed E-state index contributed by atoms with van der Waals surface area (Å²) in [6.45, 7) is 0.512. The van der Waals surface area contributed by atoms with Gasteiger partial charge >= 0.3 is 12.2 Å². The third-order valence-corrected chi connectivity index (χ3v) is 5.56. The predicted molar refractivity (Wildman–Crippen MR) is 110 cm³/mol. The lowest BCUT2D eigenvalue weighted by atomic mass is 9.92. The van der Waals surface area contributed by atoms with Crippen LogP contribution >= 0.6 is 0 Å². The molecule has 0 bridgehead atoms. The molecule has 0 fully saturated rings. The summed E-state index contributed by atoms with van der Waals surface area (Å²) >= 11 is 0. The van der Waals surface area contributed by atoms with Gasteiger partial charge in [0.15, 0.2) is 11.5 Å². The summed E-state index contributed by atoms with van der Waals surface area (Å²) in [6, 6.07) is 12.7. The number of fused-ring (bicyclic) bond motifs is 2. The van der Waals surface area contributed by atoms with Crippen LogP contribution in [0.1, 0.15) is 28.4 Å². The molecule has 9 heteroatoms. The average molecular weight is 441 g/mol. The van der Waals surface area contributed by atoms with E-state index in [1.165, 1.54) is 12.1 Å². The molecule has 0 saturated heterocycles. The molecule has 0 saturated carbocycles. The number of carbonyl (C=O) groups excluding carboxylic acids is 1. The fourth-order valence-corrected chi connectivity index (χ4v) is 4.01. The Kier molecular flexibility index (Phi) is 4.88. The number of hydrogen-bond acceptors (Lipinski definition) is 4. The van der Waals surface area contributed by atoms with Gasteiger partial charge in [0.25, 0.3) is 0 Å². The average Bonchev–Trinajstić information content (AvgIpc) is 3.25. The highest BCUT2D eigenvalue weighted by Crippen LogP contribution is 2.37. The lowest BCUT2D eigenvalue weighted by molar-refractivity contribution is -0.137. The molecule has 3 heterocycles. The zero-order valence-electron chi connectivity index (χ0n) is 16.7. The van der Waals surface area contributed by atoms with Crippen molar-refractivity contribution in [1.82, 2.24) is 9.88 Å². The summed E-state index contributed by atoms with van der Waals surface area (Å²) in [5.41, 5.74) is 1.95. The molecule has 0 aliphatic carbocycles. The van der Waals surface area contributed by atoms with Gasteiger partial charge in [-0.3, -0.25) is 4.98 Å². The van der Waals surface area contributed by atoms with Gasteiger partial charge in [0.2, 0.25) is 6.79 Å². The minimum atomic E-state index is -4.43. The first kappa shape index (κ1) is 20.2. The number of nitrogens with zero attached hydrogens (tertiary/aromatic N) is 2. The largest absolute Gasteiger partial charge is 0.454 e. The van der Waals surface area contributed by atoms with Crippen molar-refractivity contribution in [2.24, 2.45) is 0 Å². The molecule has 6 nitrogen and oxygen atoms in total. The minimum absolute atomic E-state index is 0.122. The standard InChI is InChI=1S/C23H18F3N3O3/c24-23(25,26)16-5-3-15(4-6-16)21-20-14(2-1-10-27-20)9-11-29(21)22(30)28-17-7-8-18-19(12-17)32-13-31-18/h1-8,10,12,21H,9,11,13H2,(H,28,30)/t21-/m1/s1. The second-order valence-electron chi connectivity index (χ2n) is 7.51. The van der Waals surface area contributed by atoms with Gasteiger partial charge in [-0.2, -0.15) is 13.2 Å². The minimum Gasteiger partial charge on any atom is -0.454 e. The molecule has 0 radical (unpaired) electrons. The monoisotopic (exact) mass is 441 g/mol. The molecule has 2 aliphatic rings. The van der Waals surface area contributed by atoms with Gasteiger partial charge in [-0.15, -0.1) is 0 Å².